The average molecular weight is 443 g/mol. The van der Waals surface area contributed by atoms with Crippen LogP contribution < -0.4 is 0 Å². The smallest absolute Gasteiger partial charge is 0.409 e. The van der Waals surface area contributed by atoms with Gasteiger partial charge in [-0.1, -0.05) is 13.8 Å². The van der Waals surface area contributed by atoms with Crippen molar-refractivity contribution in [2.45, 2.75) is 32.7 Å². The van der Waals surface area contributed by atoms with E-state index in [0.29, 0.717) is 50.1 Å². The van der Waals surface area contributed by atoms with Gasteiger partial charge in [0, 0.05) is 32.6 Å². The monoisotopic (exact) mass is 442 g/mol. The van der Waals surface area contributed by atoms with Gasteiger partial charge in [-0.3, -0.25) is 9.69 Å². The van der Waals surface area contributed by atoms with Gasteiger partial charge in [0.1, 0.15) is 23.3 Å². The van der Waals surface area contributed by atoms with Gasteiger partial charge in [-0.2, -0.15) is 5.10 Å². The van der Waals surface area contributed by atoms with E-state index >= 15 is 0 Å². The summed E-state index contributed by atoms with van der Waals surface area (Å²) in [6.07, 6.45) is 4.23. The molecule has 2 aliphatic rings. The largest absolute Gasteiger partial charge is 0.467 e. The van der Waals surface area contributed by atoms with Gasteiger partial charge in [-0.25, -0.2) is 9.80 Å². The van der Waals surface area contributed by atoms with Crippen LogP contribution in [0.4, 0.5) is 4.79 Å². The minimum absolute atomic E-state index is 0.108. The van der Waals surface area contributed by atoms with Crippen molar-refractivity contribution >= 4 is 17.7 Å². The number of hydrazone groups is 1. The number of hydrogen-bond donors (Lipinski definition) is 0. The van der Waals surface area contributed by atoms with E-state index in [1.54, 1.807) is 23.5 Å². The molecule has 9 heteroatoms. The molecule has 0 spiro atoms. The SMILES string of the molecule is CC(C)COC(=O)N1CCCN(CC(=O)N2N=C(c3ccco3)CC2c2ccco2)CC1. The number of ether oxygens (including phenoxy) is 1. The third-order valence-electron chi connectivity index (χ3n) is 5.59. The van der Waals surface area contributed by atoms with E-state index in [-0.39, 0.29) is 24.6 Å². The molecule has 0 radical (unpaired) electrons. The maximum Gasteiger partial charge on any atom is 0.409 e. The van der Waals surface area contributed by atoms with Crippen LogP contribution in [0.2, 0.25) is 0 Å². The molecule has 4 heterocycles. The lowest BCUT2D eigenvalue weighted by atomic mass is 10.1. The fourth-order valence-corrected chi connectivity index (χ4v) is 3.94. The van der Waals surface area contributed by atoms with Gasteiger partial charge in [0.2, 0.25) is 0 Å². The van der Waals surface area contributed by atoms with Crippen LogP contribution in [0, 0.1) is 5.92 Å². The predicted octanol–water partition coefficient (Wildman–Crippen LogP) is 3.35. The Bertz CT molecular complexity index is 922. The molecule has 32 heavy (non-hydrogen) atoms. The lowest BCUT2D eigenvalue weighted by Crippen LogP contribution is -2.40. The van der Waals surface area contributed by atoms with E-state index in [0.717, 1.165) is 18.7 Å². The van der Waals surface area contributed by atoms with Crippen LogP contribution in [0.25, 0.3) is 0 Å². The number of furan rings is 2. The van der Waals surface area contributed by atoms with Gasteiger partial charge in [-0.15, -0.1) is 0 Å². The number of amides is 2. The molecule has 0 aromatic carbocycles. The molecule has 2 aromatic heterocycles. The summed E-state index contributed by atoms with van der Waals surface area (Å²) >= 11 is 0. The van der Waals surface area contributed by atoms with Crippen LogP contribution in [0.1, 0.15) is 44.3 Å². The summed E-state index contributed by atoms with van der Waals surface area (Å²) in [7, 11) is 0. The van der Waals surface area contributed by atoms with Crippen molar-refractivity contribution in [3.63, 3.8) is 0 Å². The quantitative estimate of drug-likeness (QED) is 0.681. The summed E-state index contributed by atoms with van der Waals surface area (Å²) in [5.74, 6) is 1.54. The molecule has 1 saturated heterocycles. The molecular weight excluding hydrogens is 412 g/mol. The lowest BCUT2D eigenvalue weighted by molar-refractivity contribution is -0.134. The maximum atomic E-state index is 13.2. The normalized spacial score (nSPS) is 19.8. The number of rotatable bonds is 6. The molecule has 1 unspecified atom stereocenters. The second-order valence-electron chi connectivity index (χ2n) is 8.59. The Kier molecular flexibility index (Phi) is 6.94. The molecule has 9 nitrogen and oxygen atoms in total. The highest BCUT2D eigenvalue weighted by Crippen LogP contribution is 2.33. The fourth-order valence-electron chi connectivity index (χ4n) is 3.94. The van der Waals surface area contributed by atoms with Crippen LogP contribution in [0.5, 0.6) is 0 Å². The first kappa shape index (κ1) is 22.1. The molecule has 0 saturated carbocycles. The molecule has 0 bridgehead atoms. The van der Waals surface area contributed by atoms with Crippen molar-refractivity contribution in [2.24, 2.45) is 11.0 Å². The number of hydrogen-bond acceptors (Lipinski definition) is 7. The first-order valence-electron chi connectivity index (χ1n) is 11.1. The lowest BCUT2D eigenvalue weighted by Gasteiger charge is -2.25. The summed E-state index contributed by atoms with van der Waals surface area (Å²) in [6, 6.07) is 7.02. The highest BCUT2D eigenvalue weighted by Gasteiger charge is 2.36. The maximum absolute atomic E-state index is 13.2. The molecule has 2 amide bonds. The molecule has 172 valence electrons. The summed E-state index contributed by atoms with van der Waals surface area (Å²) in [5, 5.41) is 6.09. The molecule has 2 aliphatic heterocycles. The summed E-state index contributed by atoms with van der Waals surface area (Å²) in [6.45, 7) is 7.16. The molecule has 1 atom stereocenters. The molecule has 1 fully saturated rings. The third kappa shape index (κ3) is 5.21. The third-order valence-corrected chi connectivity index (χ3v) is 5.59. The topological polar surface area (TPSA) is 91.7 Å². The van der Waals surface area contributed by atoms with E-state index in [4.69, 9.17) is 13.6 Å². The number of carbonyl (C=O) groups excluding carboxylic acids is 2. The molecule has 2 aromatic rings. The van der Waals surface area contributed by atoms with Gasteiger partial charge in [0.25, 0.3) is 5.91 Å². The van der Waals surface area contributed by atoms with Crippen LogP contribution in [-0.2, 0) is 9.53 Å². The van der Waals surface area contributed by atoms with Crippen molar-refractivity contribution in [1.29, 1.82) is 0 Å². The Labute approximate surface area is 187 Å². The molecular formula is C23H30N4O5. The Morgan fingerprint density at radius 3 is 2.66 bits per heavy atom. The van der Waals surface area contributed by atoms with E-state index in [2.05, 4.69) is 10.0 Å². The zero-order chi connectivity index (χ0) is 22.5. The standard InChI is InChI=1S/C23H30N4O5/c1-17(2)16-32-23(29)26-9-5-8-25(10-11-26)15-22(28)27-19(21-7-4-13-31-21)14-18(24-27)20-6-3-12-30-20/h3-4,6-7,12-13,17,19H,5,8-11,14-16H2,1-2H3. The van der Waals surface area contributed by atoms with Crippen molar-refractivity contribution in [3.8, 4) is 0 Å². The zero-order valence-electron chi connectivity index (χ0n) is 18.6. The zero-order valence-corrected chi connectivity index (χ0v) is 18.6. The van der Waals surface area contributed by atoms with E-state index < -0.39 is 0 Å². The van der Waals surface area contributed by atoms with Crippen LogP contribution in [0.15, 0.2) is 50.7 Å². The Balaban J connectivity index is 1.39. The molecule has 0 N–H and O–H groups in total. The Hall–Kier alpha value is -3.07. The summed E-state index contributed by atoms with van der Waals surface area (Å²) in [4.78, 5) is 29.3. The second kappa shape index (κ2) is 10.0. The van der Waals surface area contributed by atoms with Gasteiger partial charge in [0.15, 0.2) is 0 Å². The van der Waals surface area contributed by atoms with E-state index in [9.17, 15) is 9.59 Å². The van der Waals surface area contributed by atoms with Gasteiger partial charge >= 0.3 is 6.09 Å². The van der Waals surface area contributed by atoms with Crippen LogP contribution in [-0.4, -0.2) is 71.9 Å². The number of carbonyl (C=O) groups is 2. The van der Waals surface area contributed by atoms with Crippen molar-refractivity contribution < 1.29 is 23.2 Å². The predicted molar refractivity (Wildman–Crippen MR) is 117 cm³/mol. The average Bonchev–Trinajstić information content (AvgIpc) is 3.52. The van der Waals surface area contributed by atoms with Gasteiger partial charge in [-0.05, 0) is 36.6 Å². The highest BCUT2D eigenvalue weighted by molar-refractivity contribution is 6.01. The highest BCUT2D eigenvalue weighted by atomic mass is 16.6. The van der Waals surface area contributed by atoms with Crippen molar-refractivity contribution in [2.75, 3.05) is 39.3 Å². The minimum atomic E-state index is -0.299. The van der Waals surface area contributed by atoms with Gasteiger partial charge in [0.05, 0.1) is 25.7 Å². The van der Waals surface area contributed by atoms with E-state index in [1.807, 2.05) is 32.0 Å². The second-order valence-corrected chi connectivity index (χ2v) is 8.59. The molecule has 4 rings (SSSR count). The number of nitrogens with zero attached hydrogens (tertiary/aromatic N) is 4. The van der Waals surface area contributed by atoms with Gasteiger partial charge < -0.3 is 18.5 Å². The minimum Gasteiger partial charge on any atom is -0.467 e. The van der Waals surface area contributed by atoms with Crippen molar-refractivity contribution in [3.05, 3.63) is 48.3 Å². The Morgan fingerprint density at radius 2 is 1.94 bits per heavy atom. The van der Waals surface area contributed by atoms with Crippen LogP contribution >= 0.6 is 0 Å². The Morgan fingerprint density at radius 1 is 1.12 bits per heavy atom. The first-order valence-corrected chi connectivity index (χ1v) is 11.1. The summed E-state index contributed by atoms with van der Waals surface area (Å²) < 4.78 is 16.4. The van der Waals surface area contributed by atoms with E-state index in [1.165, 1.54) is 5.01 Å². The summed E-state index contributed by atoms with van der Waals surface area (Å²) in [5.41, 5.74) is 0.722. The fraction of sp³-hybridized carbons (Fsp3) is 0.522. The van der Waals surface area contributed by atoms with Crippen molar-refractivity contribution in [1.82, 2.24) is 14.8 Å². The van der Waals surface area contributed by atoms with Crippen LogP contribution in [0.3, 0.4) is 0 Å². The molecule has 0 aliphatic carbocycles. The first-order chi connectivity index (χ1) is 15.5.